The van der Waals surface area contributed by atoms with Gasteiger partial charge < -0.3 is 9.59 Å². The first kappa shape index (κ1) is 22.0. The van der Waals surface area contributed by atoms with Crippen LogP contribution < -0.4 is 0 Å². The number of hydrogen-bond acceptors (Lipinski definition) is 3. The van der Waals surface area contributed by atoms with E-state index in [2.05, 4.69) is 0 Å². The van der Waals surface area contributed by atoms with Crippen LogP contribution in [0, 0.1) is 0 Å². The molecule has 3 aromatic rings. The molecule has 0 N–H and O–H groups in total. The monoisotopic (exact) mass is 386 g/mol. The van der Waals surface area contributed by atoms with Crippen LogP contribution in [0.2, 0.25) is 0 Å². The molecule has 0 heterocycles. The van der Waals surface area contributed by atoms with Gasteiger partial charge in [-0.05, 0) is 23.1 Å². The number of carbonyl (C=O) groups is 3. The van der Waals surface area contributed by atoms with Gasteiger partial charge in [-0.15, -0.1) is 0 Å². The first-order valence-electron chi connectivity index (χ1n) is 9.75. The van der Waals surface area contributed by atoms with Gasteiger partial charge in [0, 0.05) is 24.3 Å². The summed E-state index contributed by atoms with van der Waals surface area (Å²) in [6, 6.07) is 27.0. The molecule has 0 aromatic heterocycles. The third-order valence-corrected chi connectivity index (χ3v) is 4.67. The van der Waals surface area contributed by atoms with Gasteiger partial charge in [0.05, 0.1) is 0 Å². The second-order valence-corrected chi connectivity index (χ2v) is 6.72. The molecule has 0 spiro atoms. The van der Waals surface area contributed by atoms with E-state index < -0.39 is 0 Å². The molecular formula is C26H26O3. The molecule has 1 unspecified atom stereocenters. The zero-order chi connectivity index (χ0) is 20.9. The van der Waals surface area contributed by atoms with Gasteiger partial charge in [-0.1, -0.05) is 91.9 Å². The van der Waals surface area contributed by atoms with Crippen molar-refractivity contribution in [1.82, 2.24) is 0 Å². The number of aryl methyl sites for hydroxylation is 1. The van der Waals surface area contributed by atoms with Crippen LogP contribution in [0.1, 0.15) is 46.3 Å². The smallest absolute Gasteiger partial charge is 0.170 e. The average molecular weight is 386 g/mol. The Hall–Kier alpha value is -3.33. The summed E-state index contributed by atoms with van der Waals surface area (Å²) in [7, 11) is 0. The Kier molecular flexibility index (Phi) is 9.23. The van der Waals surface area contributed by atoms with E-state index in [1.807, 2.05) is 91.9 Å². The molecule has 0 radical (unpaired) electrons. The largest absolute Gasteiger partial charge is 0.303 e. The minimum absolute atomic E-state index is 0.109. The predicted molar refractivity (Wildman–Crippen MR) is 116 cm³/mol. The van der Waals surface area contributed by atoms with Crippen LogP contribution in [0.3, 0.4) is 0 Å². The Morgan fingerprint density at radius 2 is 1.38 bits per heavy atom. The molecule has 0 aliphatic carbocycles. The predicted octanol–water partition coefficient (Wildman–Crippen LogP) is 5.23. The van der Waals surface area contributed by atoms with Crippen molar-refractivity contribution in [1.29, 1.82) is 0 Å². The van der Waals surface area contributed by atoms with Crippen LogP contribution in [0.15, 0.2) is 84.9 Å². The first-order chi connectivity index (χ1) is 14.2. The highest BCUT2D eigenvalue weighted by Crippen LogP contribution is 2.23. The zero-order valence-electron chi connectivity index (χ0n) is 16.7. The molecule has 3 aromatic carbocycles. The van der Waals surface area contributed by atoms with E-state index in [0.29, 0.717) is 19.3 Å². The quantitative estimate of drug-likeness (QED) is 0.393. The number of Topliss-reactive ketones (excluding diaryl/α,β-unsaturated/α-hetero) is 1. The maximum atomic E-state index is 12.6. The third kappa shape index (κ3) is 6.96. The highest BCUT2D eigenvalue weighted by atomic mass is 16.1. The molecule has 0 saturated carbocycles. The lowest BCUT2D eigenvalue weighted by Crippen LogP contribution is -2.12. The normalized spacial score (nSPS) is 10.9. The topological polar surface area (TPSA) is 51.2 Å². The second-order valence-electron chi connectivity index (χ2n) is 6.72. The minimum atomic E-state index is -0.173. The first-order valence-corrected chi connectivity index (χ1v) is 9.75. The molecule has 1 atom stereocenters. The van der Waals surface area contributed by atoms with Crippen molar-refractivity contribution in [2.45, 2.75) is 32.1 Å². The van der Waals surface area contributed by atoms with Crippen LogP contribution in [0.25, 0.3) is 0 Å². The maximum Gasteiger partial charge on any atom is 0.170 e. The van der Waals surface area contributed by atoms with Gasteiger partial charge in [-0.3, -0.25) is 4.79 Å². The van der Waals surface area contributed by atoms with Crippen LogP contribution >= 0.6 is 0 Å². The fourth-order valence-electron chi connectivity index (χ4n) is 3.03. The number of aldehydes is 2. The standard InChI is InChI=1S/C18H18O2.C8H8O/c1-14(15-8-3-2-4-9-15)18(20)17-12-6-5-10-16(17)11-7-13-19;9-7-6-8-4-2-1-3-5-8/h2-6,8-10,12-14H,7,11H2,1H3;1-5,7H,6H2. The van der Waals surface area contributed by atoms with Crippen LogP contribution in [-0.4, -0.2) is 18.4 Å². The number of carbonyl (C=O) groups excluding carboxylic acids is 3. The molecule has 0 aliphatic heterocycles. The summed E-state index contributed by atoms with van der Waals surface area (Å²) in [5, 5.41) is 0. The molecular weight excluding hydrogens is 360 g/mol. The molecule has 3 heteroatoms. The number of hydrogen-bond donors (Lipinski definition) is 0. The summed E-state index contributed by atoms with van der Waals surface area (Å²) in [6.45, 7) is 1.92. The van der Waals surface area contributed by atoms with E-state index in [4.69, 9.17) is 0 Å². The number of ketones is 1. The summed E-state index contributed by atoms with van der Waals surface area (Å²) >= 11 is 0. The van der Waals surface area contributed by atoms with E-state index in [1.54, 1.807) is 0 Å². The van der Waals surface area contributed by atoms with Crippen molar-refractivity contribution in [3.63, 3.8) is 0 Å². The Morgan fingerprint density at radius 3 is 2.00 bits per heavy atom. The summed E-state index contributed by atoms with van der Waals surface area (Å²) in [5.74, 6) is -0.0636. The van der Waals surface area contributed by atoms with Crippen LogP contribution in [0.4, 0.5) is 0 Å². The van der Waals surface area contributed by atoms with Crippen LogP contribution in [-0.2, 0) is 22.4 Å². The maximum absolute atomic E-state index is 12.6. The summed E-state index contributed by atoms with van der Waals surface area (Å²) in [5.41, 5.74) is 3.77. The Labute approximate surface area is 172 Å². The molecule has 3 nitrogen and oxygen atoms in total. The average Bonchev–Trinajstić information content (AvgIpc) is 2.79. The van der Waals surface area contributed by atoms with Crippen molar-refractivity contribution >= 4 is 18.4 Å². The van der Waals surface area contributed by atoms with Crippen molar-refractivity contribution in [3.8, 4) is 0 Å². The Bertz CT molecular complexity index is 902. The van der Waals surface area contributed by atoms with E-state index >= 15 is 0 Å². The van der Waals surface area contributed by atoms with Gasteiger partial charge in [0.1, 0.15) is 12.6 Å². The zero-order valence-corrected chi connectivity index (χ0v) is 16.7. The Balaban J connectivity index is 0.000000278. The van der Waals surface area contributed by atoms with Crippen LogP contribution in [0.5, 0.6) is 0 Å². The second kappa shape index (κ2) is 12.2. The third-order valence-electron chi connectivity index (χ3n) is 4.67. The molecule has 29 heavy (non-hydrogen) atoms. The fraction of sp³-hybridized carbons (Fsp3) is 0.192. The van der Waals surface area contributed by atoms with Gasteiger partial charge in [0.2, 0.25) is 0 Å². The fourth-order valence-corrected chi connectivity index (χ4v) is 3.03. The van der Waals surface area contributed by atoms with Crippen molar-refractivity contribution in [3.05, 3.63) is 107 Å². The molecule has 0 bridgehead atoms. The van der Waals surface area contributed by atoms with E-state index in [0.717, 1.165) is 34.8 Å². The SMILES string of the molecule is CC(C(=O)c1ccccc1CCC=O)c1ccccc1.O=CCc1ccccc1. The summed E-state index contributed by atoms with van der Waals surface area (Å²) < 4.78 is 0. The van der Waals surface area contributed by atoms with Crippen molar-refractivity contribution < 1.29 is 14.4 Å². The van der Waals surface area contributed by atoms with Gasteiger partial charge in [0.15, 0.2) is 5.78 Å². The van der Waals surface area contributed by atoms with Gasteiger partial charge in [-0.2, -0.15) is 0 Å². The summed E-state index contributed by atoms with van der Waals surface area (Å²) in [4.78, 5) is 33.1. The van der Waals surface area contributed by atoms with Crippen molar-refractivity contribution in [2.75, 3.05) is 0 Å². The molecule has 148 valence electrons. The van der Waals surface area contributed by atoms with E-state index in [-0.39, 0.29) is 11.7 Å². The highest BCUT2D eigenvalue weighted by molar-refractivity contribution is 6.02. The molecule has 0 aliphatic rings. The lowest BCUT2D eigenvalue weighted by molar-refractivity contribution is -0.108. The molecule has 0 amide bonds. The molecule has 3 rings (SSSR count). The van der Waals surface area contributed by atoms with Gasteiger partial charge >= 0.3 is 0 Å². The lowest BCUT2D eigenvalue weighted by Gasteiger charge is -2.13. The van der Waals surface area contributed by atoms with Gasteiger partial charge in [-0.25, -0.2) is 0 Å². The number of benzene rings is 3. The van der Waals surface area contributed by atoms with Crippen molar-refractivity contribution in [2.24, 2.45) is 0 Å². The molecule has 0 saturated heterocycles. The van der Waals surface area contributed by atoms with E-state index in [1.165, 1.54) is 0 Å². The summed E-state index contributed by atoms with van der Waals surface area (Å²) in [6.07, 6.45) is 3.40. The minimum Gasteiger partial charge on any atom is -0.303 e. The lowest BCUT2D eigenvalue weighted by atomic mass is 9.89. The van der Waals surface area contributed by atoms with Gasteiger partial charge in [0.25, 0.3) is 0 Å². The Morgan fingerprint density at radius 1 is 0.793 bits per heavy atom. The number of rotatable bonds is 8. The van der Waals surface area contributed by atoms with E-state index in [9.17, 15) is 14.4 Å². The molecule has 0 fully saturated rings. The highest BCUT2D eigenvalue weighted by Gasteiger charge is 2.19.